The number of aryl methyl sites for hydroxylation is 3. The summed E-state index contributed by atoms with van der Waals surface area (Å²) in [4.78, 5) is 28.6. The van der Waals surface area contributed by atoms with Gasteiger partial charge in [-0.05, 0) is 75.6 Å². The highest BCUT2D eigenvalue weighted by Gasteiger charge is 2.33. The molecule has 3 aromatic rings. The fraction of sp³-hybridized carbons (Fsp3) is 0.355. The molecule has 3 aromatic carbocycles. The summed E-state index contributed by atoms with van der Waals surface area (Å²) in [5.41, 5.74) is 3.79. The smallest absolute Gasteiger partial charge is 0.264 e. The SMILES string of the molecule is CCCCNC(=O)[C@@H](C)N(Cc1ccc(Cl)cc1)C(=O)CN(c1ccc(C)cc1C)S(=O)(=O)c1ccc(C)cc1. The third-order valence-corrected chi connectivity index (χ3v) is 8.80. The van der Waals surface area contributed by atoms with E-state index in [-0.39, 0.29) is 17.3 Å². The van der Waals surface area contributed by atoms with Gasteiger partial charge in [0.25, 0.3) is 10.0 Å². The molecule has 0 aliphatic heterocycles. The molecule has 1 atom stereocenters. The average molecular weight is 584 g/mol. The molecule has 40 heavy (non-hydrogen) atoms. The van der Waals surface area contributed by atoms with Crippen molar-refractivity contribution in [2.45, 2.75) is 64.9 Å². The van der Waals surface area contributed by atoms with Crippen molar-refractivity contribution in [3.63, 3.8) is 0 Å². The van der Waals surface area contributed by atoms with Gasteiger partial charge in [-0.2, -0.15) is 0 Å². The van der Waals surface area contributed by atoms with Crippen LogP contribution in [-0.2, 0) is 26.2 Å². The Morgan fingerprint density at radius 2 is 1.55 bits per heavy atom. The molecule has 0 bridgehead atoms. The van der Waals surface area contributed by atoms with Crippen LogP contribution in [0.3, 0.4) is 0 Å². The van der Waals surface area contributed by atoms with Crippen molar-refractivity contribution < 1.29 is 18.0 Å². The van der Waals surface area contributed by atoms with Gasteiger partial charge >= 0.3 is 0 Å². The fourth-order valence-corrected chi connectivity index (χ4v) is 5.95. The third-order valence-electron chi connectivity index (χ3n) is 6.77. The van der Waals surface area contributed by atoms with Gasteiger partial charge < -0.3 is 10.2 Å². The molecule has 0 aromatic heterocycles. The first-order chi connectivity index (χ1) is 18.9. The largest absolute Gasteiger partial charge is 0.354 e. The normalized spacial score (nSPS) is 12.1. The van der Waals surface area contributed by atoms with Gasteiger partial charge in [0, 0.05) is 18.1 Å². The van der Waals surface area contributed by atoms with Gasteiger partial charge in [-0.15, -0.1) is 0 Å². The number of hydrogen-bond donors (Lipinski definition) is 1. The Kier molecular flexibility index (Phi) is 10.8. The van der Waals surface area contributed by atoms with Gasteiger partial charge in [-0.3, -0.25) is 13.9 Å². The highest BCUT2D eigenvalue weighted by Crippen LogP contribution is 2.28. The van der Waals surface area contributed by atoms with Gasteiger partial charge in [0.05, 0.1) is 10.6 Å². The highest BCUT2D eigenvalue weighted by atomic mass is 35.5. The van der Waals surface area contributed by atoms with Crippen LogP contribution in [0.2, 0.25) is 5.02 Å². The molecule has 0 aliphatic rings. The van der Waals surface area contributed by atoms with Crippen LogP contribution in [-0.4, -0.2) is 44.3 Å². The Morgan fingerprint density at radius 3 is 2.15 bits per heavy atom. The number of carbonyl (C=O) groups is 2. The third kappa shape index (κ3) is 7.86. The number of hydrogen-bond acceptors (Lipinski definition) is 4. The second-order valence-corrected chi connectivity index (χ2v) is 12.4. The number of unbranched alkanes of at least 4 members (excludes halogenated alkanes) is 1. The highest BCUT2D eigenvalue weighted by molar-refractivity contribution is 7.92. The number of halogens is 1. The minimum absolute atomic E-state index is 0.0838. The molecule has 9 heteroatoms. The zero-order chi connectivity index (χ0) is 29.4. The van der Waals surface area contributed by atoms with E-state index in [1.807, 2.05) is 39.8 Å². The number of amides is 2. The van der Waals surface area contributed by atoms with E-state index < -0.39 is 28.5 Å². The quantitative estimate of drug-likeness (QED) is 0.273. The van der Waals surface area contributed by atoms with E-state index in [4.69, 9.17) is 11.6 Å². The molecular formula is C31H38ClN3O4S. The Morgan fingerprint density at radius 1 is 0.925 bits per heavy atom. The van der Waals surface area contributed by atoms with E-state index in [2.05, 4.69) is 5.32 Å². The molecule has 0 unspecified atom stereocenters. The van der Waals surface area contributed by atoms with E-state index >= 15 is 0 Å². The zero-order valence-electron chi connectivity index (χ0n) is 23.8. The van der Waals surface area contributed by atoms with Crippen molar-refractivity contribution in [1.29, 1.82) is 0 Å². The van der Waals surface area contributed by atoms with E-state index in [0.29, 0.717) is 17.3 Å². The number of nitrogens with zero attached hydrogens (tertiary/aromatic N) is 2. The molecule has 0 heterocycles. The maximum atomic E-state index is 14.0. The zero-order valence-corrected chi connectivity index (χ0v) is 25.3. The van der Waals surface area contributed by atoms with Gasteiger partial charge in [-0.25, -0.2) is 8.42 Å². The molecular weight excluding hydrogens is 546 g/mol. The topological polar surface area (TPSA) is 86.8 Å². The van der Waals surface area contributed by atoms with Crippen LogP contribution in [0, 0.1) is 20.8 Å². The van der Waals surface area contributed by atoms with Gasteiger partial charge in [0.15, 0.2) is 0 Å². The lowest BCUT2D eigenvalue weighted by molar-refractivity contribution is -0.139. The van der Waals surface area contributed by atoms with Gasteiger partial charge in [0.2, 0.25) is 11.8 Å². The lowest BCUT2D eigenvalue weighted by atomic mass is 10.1. The second-order valence-electron chi connectivity index (χ2n) is 10.1. The molecule has 0 fully saturated rings. The first kappa shape index (κ1) is 31.2. The second kappa shape index (κ2) is 13.8. The van der Waals surface area contributed by atoms with E-state index in [0.717, 1.165) is 39.4 Å². The molecule has 0 aliphatic carbocycles. The van der Waals surface area contributed by atoms with Crippen LogP contribution < -0.4 is 9.62 Å². The van der Waals surface area contributed by atoms with Crippen LogP contribution in [0.15, 0.2) is 71.6 Å². The maximum Gasteiger partial charge on any atom is 0.264 e. The summed E-state index contributed by atoms with van der Waals surface area (Å²) in [7, 11) is -4.11. The molecule has 1 N–H and O–H groups in total. The number of sulfonamides is 1. The summed E-state index contributed by atoms with van der Waals surface area (Å²) in [6, 6.07) is 18.1. The summed E-state index contributed by atoms with van der Waals surface area (Å²) >= 11 is 6.06. The van der Waals surface area contributed by atoms with E-state index in [9.17, 15) is 18.0 Å². The van der Waals surface area contributed by atoms with Crippen molar-refractivity contribution in [3.05, 3.63) is 94.0 Å². The predicted molar refractivity (Wildman–Crippen MR) is 161 cm³/mol. The molecule has 0 radical (unpaired) electrons. The number of anilines is 1. The van der Waals surface area contributed by atoms with Crippen molar-refractivity contribution in [2.24, 2.45) is 0 Å². The monoisotopic (exact) mass is 583 g/mol. The van der Waals surface area contributed by atoms with Crippen molar-refractivity contribution in [1.82, 2.24) is 10.2 Å². The van der Waals surface area contributed by atoms with Crippen LogP contribution in [0.1, 0.15) is 48.9 Å². The predicted octanol–water partition coefficient (Wildman–Crippen LogP) is 5.79. The fourth-order valence-electron chi connectivity index (χ4n) is 4.34. The average Bonchev–Trinajstić information content (AvgIpc) is 2.91. The van der Waals surface area contributed by atoms with Crippen molar-refractivity contribution in [3.8, 4) is 0 Å². The minimum Gasteiger partial charge on any atom is -0.354 e. The summed E-state index contributed by atoms with van der Waals surface area (Å²) in [5.74, 6) is -0.793. The molecule has 0 saturated carbocycles. The Balaban J connectivity index is 2.03. The van der Waals surface area contributed by atoms with Crippen molar-refractivity contribution in [2.75, 3.05) is 17.4 Å². The van der Waals surface area contributed by atoms with Crippen molar-refractivity contribution >= 4 is 39.1 Å². The molecule has 2 amide bonds. The van der Waals surface area contributed by atoms with E-state index in [1.54, 1.807) is 61.5 Å². The maximum absolute atomic E-state index is 14.0. The minimum atomic E-state index is -4.11. The molecule has 0 saturated heterocycles. The van der Waals surface area contributed by atoms with Crippen LogP contribution in [0.25, 0.3) is 0 Å². The van der Waals surface area contributed by atoms with E-state index in [1.165, 1.54) is 4.90 Å². The number of benzene rings is 3. The number of rotatable bonds is 12. The lowest BCUT2D eigenvalue weighted by Gasteiger charge is -2.32. The molecule has 214 valence electrons. The Labute approximate surface area is 243 Å². The number of nitrogens with one attached hydrogen (secondary N) is 1. The summed E-state index contributed by atoms with van der Waals surface area (Å²) in [6.07, 6.45) is 1.74. The first-order valence-electron chi connectivity index (χ1n) is 13.4. The Hall–Kier alpha value is -3.36. The molecule has 7 nitrogen and oxygen atoms in total. The molecule has 0 spiro atoms. The molecule has 3 rings (SSSR count). The Bertz CT molecular complexity index is 1420. The first-order valence-corrected chi connectivity index (χ1v) is 15.2. The summed E-state index contributed by atoms with van der Waals surface area (Å²) < 4.78 is 29.1. The van der Waals surface area contributed by atoms with Crippen LogP contribution >= 0.6 is 11.6 Å². The van der Waals surface area contributed by atoms with Crippen LogP contribution in [0.4, 0.5) is 5.69 Å². The lowest BCUT2D eigenvalue weighted by Crippen LogP contribution is -2.51. The van der Waals surface area contributed by atoms with Gasteiger partial charge in [-0.1, -0.05) is 72.5 Å². The summed E-state index contributed by atoms with van der Waals surface area (Å²) in [6.45, 7) is 9.45. The summed E-state index contributed by atoms with van der Waals surface area (Å²) in [5, 5.41) is 3.44. The standard InChI is InChI=1S/C31H38ClN3O4S/c1-6-7-18-33-31(37)25(5)34(20-26-11-13-27(32)14-12-26)30(36)21-35(29-17-10-23(3)19-24(29)4)40(38,39)28-15-8-22(2)9-16-28/h8-17,19,25H,6-7,18,20-21H2,1-5H3,(H,33,37)/t25-/m1/s1. The number of carbonyl (C=O) groups excluding carboxylic acids is 2. The van der Waals surface area contributed by atoms with Gasteiger partial charge in [0.1, 0.15) is 12.6 Å². The van der Waals surface area contributed by atoms with Crippen LogP contribution in [0.5, 0.6) is 0 Å².